The Bertz CT molecular complexity index is 1090. The number of benzene rings is 1. The largest absolute Gasteiger partial charge is 0.353 e. The maximum Gasteiger partial charge on any atom is 0.254 e. The molecule has 4 rings (SSSR count). The first-order valence-electron chi connectivity index (χ1n) is 9.45. The van der Waals surface area contributed by atoms with Crippen LogP contribution in [0.25, 0.3) is 5.82 Å². The van der Waals surface area contributed by atoms with Crippen molar-refractivity contribution in [2.24, 2.45) is 0 Å². The lowest BCUT2D eigenvalue weighted by molar-refractivity contribution is 0.0746. The molecule has 0 saturated carbocycles. The van der Waals surface area contributed by atoms with Crippen LogP contribution in [0.2, 0.25) is 0 Å². The number of amides is 1. The zero-order valence-corrected chi connectivity index (χ0v) is 16.4. The predicted molar refractivity (Wildman–Crippen MR) is 108 cm³/mol. The average molecular weight is 387 g/mol. The van der Waals surface area contributed by atoms with Gasteiger partial charge in [0.15, 0.2) is 5.82 Å². The summed E-state index contributed by atoms with van der Waals surface area (Å²) >= 11 is 0. The number of anilines is 1. The highest BCUT2D eigenvalue weighted by Gasteiger charge is 2.23. The summed E-state index contributed by atoms with van der Waals surface area (Å²) in [6.45, 7) is 6.49. The van der Waals surface area contributed by atoms with Crippen molar-refractivity contribution in [3.63, 3.8) is 0 Å². The Labute approximate surface area is 169 Å². The van der Waals surface area contributed by atoms with E-state index in [1.54, 1.807) is 30.6 Å². The van der Waals surface area contributed by atoms with Gasteiger partial charge in [0.05, 0.1) is 17.3 Å². The quantitative estimate of drug-likeness (QED) is 0.684. The first-order valence-corrected chi connectivity index (χ1v) is 9.45. The van der Waals surface area contributed by atoms with E-state index in [2.05, 4.69) is 26.0 Å². The summed E-state index contributed by atoms with van der Waals surface area (Å²) in [6.07, 6.45) is 1.55. The summed E-state index contributed by atoms with van der Waals surface area (Å²) in [6, 6.07) is 12.8. The van der Waals surface area contributed by atoms with Gasteiger partial charge in [0, 0.05) is 43.5 Å². The van der Waals surface area contributed by atoms with Gasteiger partial charge in [-0.15, -0.1) is 0 Å². The Balaban J connectivity index is 1.46. The van der Waals surface area contributed by atoms with Gasteiger partial charge in [0.2, 0.25) is 0 Å². The summed E-state index contributed by atoms with van der Waals surface area (Å²) in [5.41, 5.74) is 3.00. The number of piperazine rings is 1. The summed E-state index contributed by atoms with van der Waals surface area (Å²) in [7, 11) is 0. The SMILES string of the molecule is Cc1cc(C)n(-c2cc(N3CCN(C(=O)c4cccc(C#N)c4)CC3)ncn2)n1. The van der Waals surface area contributed by atoms with Gasteiger partial charge in [-0.2, -0.15) is 10.4 Å². The van der Waals surface area contributed by atoms with E-state index in [1.807, 2.05) is 35.6 Å². The number of carbonyl (C=O) groups excluding carboxylic acids is 1. The van der Waals surface area contributed by atoms with Gasteiger partial charge in [-0.1, -0.05) is 6.07 Å². The molecule has 3 aromatic rings. The van der Waals surface area contributed by atoms with Crippen LogP contribution in [0, 0.1) is 25.2 Å². The molecule has 0 N–H and O–H groups in total. The average Bonchev–Trinajstić information content (AvgIpc) is 3.11. The highest BCUT2D eigenvalue weighted by atomic mass is 16.2. The van der Waals surface area contributed by atoms with E-state index in [9.17, 15) is 4.79 Å². The van der Waals surface area contributed by atoms with E-state index in [1.165, 1.54) is 0 Å². The van der Waals surface area contributed by atoms with Gasteiger partial charge in [-0.05, 0) is 38.1 Å². The highest BCUT2D eigenvalue weighted by Crippen LogP contribution is 2.18. The third kappa shape index (κ3) is 3.80. The molecule has 0 atom stereocenters. The Morgan fingerprint density at radius 1 is 1.03 bits per heavy atom. The van der Waals surface area contributed by atoms with Gasteiger partial charge in [-0.25, -0.2) is 14.6 Å². The maximum absolute atomic E-state index is 12.8. The van der Waals surface area contributed by atoms with Crippen LogP contribution in [-0.2, 0) is 0 Å². The summed E-state index contributed by atoms with van der Waals surface area (Å²) < 4.78 is 1.81. The number of hydrogen-bond donors (Lipinski definition) is 0. The Morgan fingerprint density at radius 2 is 1.79 bits per heavy atom. The number of nitriles is 1. The normalized spacial score (nSPS) is 14.0. The van der Waals surface area contributed by atoms with Crippen LogP contribution in [0.15, 0.2) is 42.7 Å². The molecule has 1 aliphatic heterocycles. The van der Waals surface area contributed by atoms with Crippen LogP contribution in [0.5, 0.6) is 0 Å². The molecule has 8 heteroatoms. The van der Waals surface area contributed by atoms with Gasteiger partial charge in [-0.3, -0.25) is 4.79 Å². The Morgan fingerprint density at radius 3 is 2.48 bits per heavy atom. The van der Waals surface area contributed by atoms with Crippen molar-refractivity contribution < 1.29 is 4.79 Å². The van der Waals surface area contributed by atoms with Gasteiger partial charge in [0.25, 0.3) is 5.91 Å². The number of aromatic nitrogens is 4. The van der Waals surface area contributed by atoms with Gasteiger partial charge in [0.1, 0.15) is 12.1 Å². The second-order valence-electron chi connectivity index (χ2n) is 7.05. The van der Waals surface area contributed by atoms with Crippen molar-refractivity contribution in [3.8, 4) is 11.9 Å². The first-order chi connectivity index (χ1) is 14.0. The molecule has 0 bridgehead atoms. The lowest BCUT2D eigenvalue weighted by atomic mass is 10.1. The lowest BCUT2D eigenvalue weighted by Gasteiger charge is -2.35. The van der Waals surface area contributed by atoms with Crippen LogP contribution in [0.1, 0.15) is 27.3 Å². The highest BCUT2D eigenvalue weighted by molar-refractivity contribution is 5.94. The molecule has 8 nitrogen and oxygen atoms in total. The molecule has 1 aromatic carbocycles. The molecule has 0 spiro atoms. The van der Waals surface area contributed by atoms with E-state index < -0.39 is 0 Å². The Hall–Kier alpha value is -3.73. The van der Waals surface area contributed by atoms with Gasteiger partial charge < -0.3 is 9.80 Å². The minimum absolute atomic E-state index is 0.0484. The minimum atomic E-state index is -0.0484. The minimum Gasteiger partial charge on any atom is -0.353 e. The van der Waals surface area contributed by atoms with Crippen molar-refractivity contribution in [2.75, 3.05) is 31.1 Å². The van der Waals surface area contributed by atoms with E-state index in [0.717, 1.165) is 23.0 Å². The molecule has 0 radical (unpaired) electrons. The molecule has 146 valence electrons. The van der Waals surface area contributed by atoms with Crippen LogP contribution in [0.4, 0.5) is 5.82 Å². The molecule has 1 saturated heterocycles. The number of aryl methyl sites for hydroxylation is 2. The fourth-order valence-electron chi connectivity index (χ4n) is 3.53. The van der Waals surface area contributed by atoms with Crippen molar-refractivity contribution >= 4 is 11.7 Å². The number of nitrogens with zero attached hydrogens (tertiary/aromatic N) is 7. The molecule has 3 heterocycles. The smallest absolute Gasteiger partial charge is 0.254 e. The molecule has 0 aliphatic carbocycles. The van der Waals surface area contributed by atoms with Crippen LogP contribution >= 0.6 is 0 Å². The first kappa shape index (κ1) is 18.6. The summed E-state index contributed by atoms with van der Waals surface area (Å²) in [5.74, 6) is 1.50. The van der Waals surface area contributed by atoms with Crippen molar-refractivity contribution in [3.05, 3.63) is 65.2 Å². The molecule has 2 aromatic heterocycles. The van der Waals surface area contributed by atoms with Crippen LogP contribution in [0.3, 0.4) is 0 Å². The molecule has 1 amide bonds. The monoisotopic (exact) mass is 387 g/mol. The van der Waals surface area contributed by atoms with Crippen molar-refractivity contribution in [1.82, 2.24) is 24.6 Å². The standard InChI is InChI=1S/C21H21N7O/c1-15-10-16(2)28(25-15)20-12-19(23-14-24-20)26-6-8-27(9-7-26)21(29)18-5-3-4-17(11-18)13-22/h3-5,10-12,14H,6-9H2,1-2H3. The summed E-state index contributed by atoms with van der Waals surface area (Å²) in [5, 5.41) is 13.5. The molecule has 0 unspecified atom stereocenters. The molecule has 1 fully saturated rings. The fourth-order valence-corrected chi connectivity index (χ4v) is 3.53. The van der Waals surface area contributed by atoms with Crippen LogP contribution < -0.4 is 4.90 Å². The van der Waals surface area contributed by atoms with Crippen molar-refractivity contribution in [1.29, 1.82) is 5.26 Å². The van der Waals surface area contributed by atoms with Crippen molar-refractivity contribution in [2.45, 2.75) is 13.8 Å². The molecular weight excluding hydrogens is 366 g/mol. The topological polar surface area (TPSA) is 90.9 Å². The number of hydrogen-bond acceptors (Lipinski definition) is 6. The second kappa shape index (κ2) is 7.72. The maximum atomic E-state index is 12.8. The number of rotatable bonds is 3. The molecule has 29 heavy (non-hydrogen) atoms. The predicted octanol–water partition coefficient (Wildman–Crippen LogP) is 2.11. The van der Waals surface area contributed by atoms with E-state index in [4.69, 9.17) is 5.26 Å². The Kier molecular flexibility index (Phi) is 4.96. The zero-order chi connectivity index (χ0) is 20.4. The molecular formula is C21H21N7O. The number of carbonyl (C=O) groups is 1. The fraction of sp³-hybridized carbons (Fsp3) is 0.286. The third-order valence-electron chi connectivity index (χ3n) is 4.99. The zero-order valence-electron chi connectivity index (χ0n) is 16.4. The second-order valence-corrected chi connectivity index (χ2v) is 7.05. The van der Waals surface area contributed by atoms with E-state index >= 15 is 0 Å². The van der Waals surface area contributed by atoms with E-state index in [0.29, 0.717) is 37.3 Å². The summed E-state index contributed by atoms with van der Waals surface area (Å²) in [4.78, 5) is 25.5. The van der Waals surface area contributed by atoms with E-state index in [-0.39, 0.29) is 5.91 Å². The van der Waals surface area contributed by atoms with Gasteiger partial charge >= 0.3 is 0 Å². The molecule has 1 aliphatic rings. The lowest BCUT2D eigenvalue weighted by Crippen LogP contribution is -2.49. The van der Waals surface area contributed by atoms with Crippen LogP contribution in [-0.4, -0.2) is 56.7 Å². The third-order valence-corrected chi connectivity index (χ3v) is 4.99.